The average molecular weight is 262 g/mol. The van der Waals surface area contributed by atoms with E-state index in [0.29, 0.717) is 6.54 Å². The van der Waals surface area contributed by atoms with Crippen molar-refractivity contribution in [2.75, 3.05) is 6.54 Å². The van der Waals surface area contributed by atoms with Crippen molar-refractivity contribution in [1.82, 2.24) is 0 Å². The highest BCUT2D eigenvalue weighted by Crippen LogP contribution is 2.43. The zero-order valence-corrected chi connectivity index (χ0v) is 10.7. The van der Waals surface area contributed by atoms with Crippen LogP contribution in [0.2, 0.25) is 0 Å². The van der Waals surface area contributed by atoms with E-state index in [1.54, 1.807) is 0 Å². The molecule has 0 aromatic carbocycles. The molecule has 0 spiro atoms. The molecule has 2 N–H and O–H groups in total. The Labute approximate surface area is 106 Å². The van der Waals surface area contributed by atoms with E-state index in [9.17, 15) is 13.2 Å². The van der Waals surface area contributed by atoms with Gasteiger partial charge in [-0.25, -0.2) is 0 Å². The number of halogens is 3. The Balaban J connectivity index is 1.97. The van der Waals surface area contributed by atoms with Crippen molar-refractivity contribution in [3.63, 3.8) is 0 Å². The van der Waals surface area contributed by atoms with Crippen LogP contribution in [0.5, 0.6) is 0 Å². The van der Waals surface area contributed by atoms with Gasteiger partial charge in [0.25, 0.3) is 0 Å². The van der Waals surface area contributed by atoms with E-state index in [1.807, 2.05) is 6.92 Å². The highest BCUT2D eigenvalue weighted by molar-refractivity contribution is 5.85. The molecule has 0 aromatic heterocycles. The maximum absolute atomic E-state index is 12.8. The van der Waals surface area contributed by atoms with Crippen molar-refractivity contribution < 1.29 is 13.2 Å². The average Bonchev–Trinajstić information content (AvgIpc) is 2.75. The highest BCUT2D eigenvalue weighted by Gasteiger charge is 2.45. The summed E-state index contributed by atoms with van der Waals surface area (Å²) in [6.45, 7) is 2.75. The molecule has 0 radical (unpaired) electrons. The summed E-state index contributed by atoms with van der Waals surface area (Å²) in [5.41, 5.74) is 6.96. The second-order valence-corrected chi connectivity index (χ2v) is 5.69. The van der Waals surface area contributed by atoms with E-state index >= 15 is 0 Å². The molecular weight excluding hydrogens is 241 g/mol. The Kier molecular flexibility index (Phi) is 3.99. The van der Waals surface area contributed by atoms with E-state index < -0.39 is 12.1 Å². The Morgan fingerprint density at radius 1 is 1.22 bits per heavy atom. The van der Waals surface area contributed by atoms with Crippen LogP contribution in [0, 0.1) is 17.8 Å². The van der Waals surface area contributed by atoms with Gasteiger partial charge >= 0.3 is 6.18 Å². The van der Waals surface area contributed by atoms with Crippen LogP contribution in [0.1, 0.15) is 39.0 Å². The maximum Gasteiger partial charge on any atom is 0.391 e. The molecule has 1 saturated carbocycles. The van der Waals surface area contributed by atoms with Gasteiger partial charge in [0.2, 0.25) is 0 Å². The molecule has 1 heterocycles. The lowest BCUT2D eigenvalue weighted by Gasteiger charge is -2.36. The topological polar surface area (TPSA) is 38.4 Å². The van der Waals surface area contributed by atoms with Crippen LogP contribution in [0.3, 0.4) is 0 Å². The van der Waals surface area contributed by atoms with E-state index in [0.717, 1.165) is 25.0 Å². The maximum atomic E-state index is 12.8. The number of nitrogens with zero attached hydrogens (tertiary/aromatic N) is 1. The lowest BCUT2D eigenvalue weighted by molar-refractivity contribution is -0.188. The van der Waals surface area contributed by atoms with Gasteiger partial charge in [0.1, 0.15) is 0 Å². The molecule has 0 bridgehead atoms. The van der Waals surface area contributed by atoms with Crippen LogP contribution in [-0.2, 0) is 0 Å². The SMILES string of the molecule is CCC1=NCC(C2CC(N)CC(C(F)(F)F)C2)C1. The summed E-state index contributed by atoms with van der Waals surface area (Å²) in [5.74, 6) is -0.832. The number of hydrogen-bond donors (Lipinski definition) is 1. The molecule has 5 heteroatoms. The summed E-state index contributed by atoms with van der Waals surface area (Å²) in [6.07, 6.45) is -1.24. The zero-order chi connectivity index (χ0) is 13.3. The summed E-state index contributed by atoms with van der Waals surface area (Å²) in [7, 11) is 0. The van der Waals surface area contributed by atoms with Gasteiger partial charge in [-0.1, -0.05) is 6.92 Å². The monoisotopic (exact) mass is 262 g/mol. The molecule has 18 heavy (non-hydrogen) atoms. The third kappa shape index (κ3) is 3.05. The molecule has 0 aromatic rings. The number of nitrogens with two attached hydrogens (primary N) is 1. The number of aliphatic imine (C=N–C) groups is 1. The molecular formula is C13H21F3N2. The van der Waals surface area contributed by atoms with Gasteiger partial charge in [0.05, 0.1) is 5.92 Å². The number of hydrogen-bond acceptors (Lipinski definition) is 2. The van der Waals surface area contributed by atoms with Gasteiger partial charge in [0, 0.05) is 18.3 Å². The van der Waals surface area contributed by atoms with E-state index in [4.69, 9.17) is 5.73 Å². The molecule has 2 rings (SSSR count). The van der Waals surface area contributed by atoms with Gasteiger partial charge in [-0.15, -0.1) is 0 Å². The first-order valence-corrected chi connectivity index (χ1v) is 6.74. The summed E-state index contributed by atoms with van der Waals surface area (Å²) in [6, 6.07) is -0.305. The summed E-state index contributed by atoms with van der Waals surface area (Å²) >= 11 is 0. The first-order valence-electron chi connectivity index (χ1n) is 6.74. The third-order valence-corrected chi connectivity index (χ3v) is 4.36. The Morgan fingerprint density at radius 2 is 1.94 bits per heavy atom. The molecule has 0 saturated heterocycles. The third-order valence-electron chi connectivity index (χ3n) is 4.36. The van der Waals surface area contributed by atoms with Crippen molar-refractivity contribution >= 4 is 5.71 Å². The summed E-state index contributed by atoms with van der Waals surface area (Å²) in [4.78, 5) is 4.42. The van der Waals surface area contributed by atoms with Crippen molar-refractivity contribution in [2.24, 2.45) is 28.5 Å². The molecule has 2 nitrogen and oxygen atoms in total. The van der Waals surface area contributed by atoms with Crippen molar-refractivity contribution in [1.29, 1.82) is 0 Å². The molecule has 1 aliphatic heterocycles. The smallest absolute Gasteiger partial charge is 0.328 e. The second kappa shape index (κ2) is 5.19. The van der Waals surface area contributed by atoms with Crippen LogP contribution in [0.25, 0.3) is 0 Å². The molecule has 104 valence electrons. The highest BCUT2D eigenvalue weighted by atomic mass is 19.4. The number of alkyl halides is 3. The van der Waals surface area contributed by atoms with Crippen molar-refractivity contribution in [3.05, 3.63) is 0 Å². The predicted molar refractivity (Wildman–Crippen MR) is 65.6 cm³/mol. The van der Waals surface area contributed by atoms with E-state index in [-0.39, 0.29) is 30.7 Å². The van der Waals surface area contributed by atoms with Crippen LogP contribution in [0.4, 0.5) is 13.2 Å². The lowest BCUT2D eigenvalue weighted by atomic mass is 9.72. The first-order chi connectivity index (χ1) is 8.40. The fourth-order valence-corrected chi connectivity index (χ4v) is 3.31. The molecule has 4 unspecified atom stereocenters. The molecule has 4 atom stereocenters. The van der Waals surface area contributed by atoms with E-state index in [2.05, 4.69) is 4.99 Å². The molecule has 2 aliphatic rings. The lowest BCUT2D eigenvalue weighted by Crippen LogP contribution is -2.41. The van der Waals surface area contributed by atoms with Gasteiger partial charge in [-0.3, -0.25) is 4.99 Å². The fraction of sp³-hybridized carbons (Fsp3) is 0.923. The quantitative estimate of drug-likeness (QED) is 0.815. The number of rotatable bonds is 2. The molecule has 0 amide bonds. The predicted octanol–water partition coefficient (Wildman–Crippen LogP) is 3.16. The summed E-state index contributed by atoms with van der Waals surface area (Å²) in [5, 5.41) is 0. The minimum absolute atomic E-state index is 0.0909. The van der Waals surface area contributed by atoms with Gasteiger partial charge < -0.3 is 5.73 Å². The van der Waals surface area contributed by atoms with Crippen molar-refractivity contribution in [3.8, 4) is 0 Å². The van der Waals surface area contributed by atoms with Gasteiger partial charge in [-0.2, -0.15) is 13.2 Å². The van der Waals surface area contributed by atoms with Gasteiger partial charge in [0.15, 0.2) is 0 Å². The van der Waals surface area contributed by atoms with Crippen LogP contribution >= 0.6 is 0 Å². The van der Waals surface area contributed by atoms with Crippen LogP contribution in [-0.4, -0.2) is 24.5 Å². The Morgan fingerprint density at radius 3 is 2.50 bits per heavy atom. The fourth-order valence-electron chi connectivity index (χ4n) is 3.31. The van der Waals surface area contributed by atoms with Crippen LogP contribution < -0.4 is 5.73 Å². The Bertz CT molecular complexity index is 325. The zero-order valence-electron chi connectivity index (χ0n) is 10.7. The molecule has 1 fully saturated rings. The van der Waals surface area contributed by atoms with Crippen molar-refractivity contribution in [2.45, 2.75) is 51.2 Å². The standard InChI is InChI=1S/C13H21F3N2/c1-2-12-5-9(7-18-12)8-3-10(13(14,15)16)6-11(17)4-8/h8-11H,2-7,17H2,1H3. The van der Waals surface area contributed by atoms with Gasteiger partial charge in [-0.05, 0) is 43.9 Å². The Hall–Kier alpha value is -0.580. The largest absolute Gasteiger partial charge is 0.391 e. The van der Waals surface area contributed by atoms with E-state index in [1.165, 1.54) is 0 Å². The minimum Gasteiger partial charge on any atom is -0.328 e. The minimum atomic E-state index is -4.09. The summed E-state index contributed by atoms with van der Waals surface area (Å²) < 4.78 is 38.5. The second-order valence-electron chi connectivity index (χ2n) is 5.69. The van der Waals surface area contributed by atoms with Crippen LogP contribution in [0.15, 0.2) is 4.99 Å². The normalized spacial score (nSPS) is 37.7. The molecule has 1 aliphatic carbocycles. The first kappa shape index (κ1) is 13.8.